The van der Waals surface area contributed by atoms with Gasteiger partial charge in [-0.15, -0.1) is 20.4 Å². The van der Waals surface area contributed by atoms with E-state index >= 15 is 0 Å². The SMILES string of the molecule is CC(Sc1nnc(NCC2CCCO2)s1)c1nnc(-c2ccccc2)o1. The van der Waals surface area contributed by atoms with Crippen LogP contribution in [0.15, 0.2) is 39.1 Å². The quantitative estimate of drug-likeness (QED) is 0.606. The van der Waals surface area contributed by atoms with Crippen LogP contribution in [0.4, 0.5) is 5.13 Å². The molecule has 1 aliphatic rings. The number of hydrogen-bond acceptors (Lipinski definition) is 9. The minimum atomic E-state index is -0.000993. The Kier molecular flexibility index (Phi) is 5.47. The molecule has 2 atom stereocenters. The molecule has 3 aromatic rings. The van der Waals surface area contributed by atoms with Crippen LogP contribution in [-0.2, 0) is 4.74 Å². The van der Waals surface area contributed by atoms with Crippen molar-refractivity contribution < 1.29 is 9.15 Å². The first kappa shape index (κ1) is 17.4. The van der Waals surface area contributed by atoms with E-state index in [-0.39, 0.29) is 11.4 Å². The first-order chi connectivity index (χ1) is 12.8. The predicted octanol–water partition coefficient (Wildman–Crippen LogP) is 4.03. The zero-order valence-electron chi connectivity index (χ0n) is 14.3. The average molecular weight is 390 g/mol. The van der Waals surface area contributed by atoms with Crippen molar-refractivity contribution in [2.24, 2.45) is 0 Å². The molecule has 3 heterocycles. The maximum atomic E-state index is 5.81. The Morgan fingerprint density at radius 3 is 2.92 bits per heavy atom. The summed E-state index contributed by atoms with van der Waals surface area (Å²) in [6.45, 7) is 3.66. The van der Waals surface area contributed by atoms with Crippen molar-refractivity contribution in [2.75, 3.05) is 18.5 Å². The van der Waals surface area contributed by atoms with Crippen LogP contribution in [0.5, 0.6) is 0 Å². The van der Waals surface area contributed by atoms with Gasteiger partial charge in [0.2, 0.25) is 16.9 Å². The highest BCUT2D eigenvalue weighted by Gasteiger charge is 2.19. The van der Waals surface area contributed by atoms with Crippen molar-refractivity contribution in [1.29, 1.82) is 0 Å². The van der Waals surface area contributed by atoms with E-state index in [2.05, 4.69) is 25.7 Å². The first-order valence-electron chi connectivity index (χ1n) is 8.52. The summed E-state index contributed by atoms with van der Waals surface area (Å²) in [5, 5.41) is 20.8. The minimum Gasteiger partial charge on any atom is -0.419 e. The van der Waals surface area contributed by atoms with Crippen LogP contribution >= 0.6 is 23.1 Å². The Hall–Kier alpha value is -1.97. The van der Waals surface area contributed by atoms with E-state index < -0.39 is 0 Å². The summed E-state index contributed by atoms with van der Waals surface area (Å²) in [6.07, 6.45) is 2.52. The summed E-state index contributed by atoms with van der Waals surface area (Å²) in [5.41, 5.74) is 0.917. The van der Waals surface area contributed by atoms with Crippen LogP contribution in [0, 0.1) is 0 Å². The molecule has 2 aromatic heterocycles. The molecule has 9 heteroatoms. The minimum absolute atomic E-state index is 0.000993. The number of nitrogens with zero attached hydrogens (tertiary/aromatic N) is 4. The number of anilines is 1. The van der Waals surface area contributed by atoms with Gasteiger partial charge in [0.05, 0.1) is 11.4 Å². The zero-order valence-corrected chi connectivity index (χ0v) is 15.9. The summed E-state index contributed by atoms with van der Waals surface area (Å²) >= 11 is 3.09. The van der Waals surface area contributed by atoms with Crippen LogP contribution < -0.4 is 5.32 Å². The number of rotatable bonds is 7. The van der Waals surface area contributed by atoms with E-state index in [0.29, 0.717) is 11.8 Å². The molecule has 136 valence electrons. The van der Waals surface area contributed by atoms with E-state index in [9.17, 15) is 0 Å². The zero-order chi connectivity index (χ0) is 17.8. The second kappa shape index (κ2) is 8.15. The molecule has 0 bridgehead atoms. The van der Waals surface area contributed by atoms with Gasteiger partial charge in [-0.3, -0.25) is 0 Å². The van der Waals surface area contributed by atoms with Gasteiger partial charge in [-0.05, 0) is 31.9 Å². The highest BCUT2D eigenvalue weighted by Crippen LogP contribution is 2.37. The molecule has 0 aliphatic carbocycles. The van der Waals surface area contributed by atoms with Crippen LogP contribution in [0.3, 0.4) is 0 Å². The van der Waals surface area contributed by atoms with Crippen molar-refractivity contribution in [3.05, 3.63) is 36.2 Å². The molecule has 4 rings (SSSR count). The van der Waals surface area contributed by atoms with Gasteiger partial charge in [0.15, 0.2) is 4.34 Å². The Morgan fingerprint density at radius 1 is 1.23 bits per heavy atom. The molecule has 1 N–H and O–H groups in total. The monoisotopic (exact) mass is 389 g/mol. The maximum absolute atomic E-state index is 5.81. The Balaban J connectivity index is 1.34. The number of ether oxygens (including phenoxy) is 1. The predicted molar refractivity (Wildman–Crippen MR) is 101 cm³/mol. The largest absolute Gasteiger partial charge is 0.419 e. The highest BCUT2D eigenvalue weighted by molar-refractivity contribution is 8.01. The highest BCUT2D eigenvalue weighted by atomic mass is 32.2. The molecular weight excluding hydrogens is 370 g/mol. The lowest BCUT2D eigenvalue weighted by Gasteiger charge is -2.08. The third-order valence-corrected chi connectivity index (χ3v) is 6.05. The van der Waals surface area contributed by atoms with Gasteiger partial charge in [-0.1, -0.05) is 41.3 Å². The number of hydrogen-bond donors (Lipinski definition) is 1. The number of nitrogens with one attached hydrogen (secondary N) is 1. The fourth-order valence-corrected chi connectivity index (χ4v) is 4.57. The Morgan fingerprint density at radius 2 is 2.12 bits per heavy atom. The third kappa shape index (κ3) is 4.22. The fourth-order valence-electron chi connectivity index (χ4n) is 2.63. The fraction of sp³-hybridized carbons (Fsp3) is 0.412. The lowest BCUT2D eigenvalue weighted by molar-refractivity contribution is 0.120. The second-order valence-corrected chi connectivity index (χ2v) is 8.53. The van der Waals surface area contributed by atoms with E-state index in [1.807, 2.05) is 37.3 Å². The molecule has 0 spiro atoms. The lowest BCUT2D eigenvalue weighted by atomic mass is 10.2. The molecule has 26 heavy (non-hydrogen) atoms. The summed E-state index contributed by atoms with van der Waals surface area (Å²) in [5.74, 6) is 1.11. The first-order valence-corrected chi connectivity index (χ1v) is 10.2. The van der Waals surface area contributed by atoms with Crippen LogP contribution in [0.2, 0.25) is 0 Å². The van der Waals surface area contributed by atoms with E-state index in [1.54, 1.807) is 11.8 Å². The summed E-state index contributed by atoms with van der Waals surface area (Å²) in [6, 6.07) is 9.75. The molecule has 1 aliphatic heterocycles. The van der Waals surface area contributed by atoms with Crippen molar-refractivity contribution >= 4 is 28.2 Å². The molecular formula is C17H19N5O2S2. The normalized spacial score (nSPS) is 18.1. The van der Waals surface area contributed by atoms with E-state index in [0.717, 1.165) is 41.0 Å². The van der Waals surface area contributed by atoms with Gasteiger partial charge >= 0.3 is 0 Å². The van der Waals surface area contributed by atoms with E-state index in [4.69, 9.17) is 9.15 Å². The van der Waals surface area contributed by atoms with Gasteiger partial charge in [0.1, 0.15) is 0 Å². The summed E-state index contributed by atoms with van der Waals surface area (Å²) in [4.78, 5) is 0. The van der Waals surface area contributed by atoms with Gasteiger partial charge in [-0.2, -0.15) is 0 Å². The van der Waals surface area contributed by atoms with Gasteiger partial charge in [-0.25, -0.2) is 0 Å². The molecule has 0 saturated carbocycles. The van der Waals surface area contributed by atoms with E-state index in [1.165, 1.54) is 11.3 Å². The Bertz CT molecular complexity index is 833. The number of thioether (sulfide) groups is 1. The average Bonchev–Trinajstić information content (AvgIpc) is 3.42. The van der Waals surface area contributed by atoms with Crippen molar-refractivity contribution in [3.8, 4) is 11.5 Å². The maximum Gasteiger partial charge on any atom is 0.247 e. The van der Waals surface area contributed by atoms with Gasteiger partial charge < -0.3 is 14.5 Å². The molecule has 7 nitrogen and oxygen atoms in total. The number of benzene rings is 1. The standard InChI is InChI=1S/C17H19N5O2S2/c1-11(14-19-20-15(24-14)12-6-3-2-4-7-12)25-17-22-21-16(26-17)18-10-13-8-5-9-23-13/h2-4,6-7,11,13H,5,8-10H2,1H3,(H,18,21). The lowest BCUT2D eigenvalue weighted by Crippen LogP contribution is -2.18. The molecule has 1 fully saturated rings. The second-order valence-electron chi connectivity index (χ2n) is 5.96. The van der Waals surface area contributed by atoms with Gasteiger partial charge in [0.25, 0.3) is 0 Å². The molecule has 1 saturated heterocycles. The molecule has 0 amide bonds. The molecule has 1 aromatic carbocycles. The van der Waals surface area contributed by atoms with Crippen LogP contribution in [0.1, 0.15) is 30.9 Å². The smallest absolute Gasteiger partial charge is 0.247 e. The molecule has 0 radical (unpaired) electrons. The van der Waals surface area contributed by atoms with Crippen LogP contribution in [0.25, 0.3) is 11.5 Å². The van der Waals surface area contributed by atoms with Crippen molar-refractivity contribution in [3.63, 3.8) is 0 Å². The summed E-state index contributed by atoms with van der Waals surface area (Å²) < 4.78 is 12.3. The number of aromatic nitrogens is 4. The van der Waals surface area contributed by atoms with Crippen molar-refractivity contribution in [1.82, 2.24) is 20.4 Å². The van der Waals surface area contributed by atoms with Crippen molar-refractivity contribution in [2.45, 2.75) is 35.5 Å². The Labute approximate surface area is 159 Å². The van der Waals surface area contributed by atoms with Gasteiger partial charge in [0, 0.05) is 18.7 Å². The van der Waals surface area contributed by atoms with Crippen LogP contribution in [-0.4, -0.2) is 39.7 Å². The molecule has 2 unspecified atom stereocenters. The third-order valence-electron chi connectivity index (χ3n) is 4.00. The topological polar surface area (TPSA) is 86.0 Å². The summed E-state index contributed by atoms with van der Waals surface area (Å²) in [7, 11) is 0.